The second kappa shape index (κ2) is 4.54. The van der Waals surface area contributed by atoms with Gasteiger partial charge in [0.15, 0.2) is 5.13 Å². The highest BCUT2D eigenvalue weighted by Crippen LogP contribution is 2.43. The Labute approximate surface area is 131 Å². The molecule has 2 aromatic rings. The minimum Gasteiger partial charge on any atom is -0.496 e. The topological polar surface area (TPSA) is 34.1 Å². The number of aromatic nitrogens is 1. The van der Waals surface area contributed by atoms with Crippen LogP contribution in [0.2, 0.25) is 0 Å². The molecule has 17 heavy (non-hydrogen) atoms. The molecule has 1 aromatic carbocycles. The van der Waals surface area contributed by atoms with Crippen molar-refractivity contribution in [2.45, 2.75) is 6.42 Å². The van der Waals surface area contributed by atoms with Crippen molar-refractivity contribution in [1.29, 1.82) is 0 Å². The van der Waals surface area contributed by atoms with Crippen LogP contribution in [0.3, 0.4) is 0 Å². The minimum absolute atomic E-state index is 0.951. The number of methoxy groups -OCH3 is 1. The molecule has 6 heteroatoms. The Morgan fingerprint density at radius 2 is 2.29 bits per heavy atom. The lowest BCUT2D eigenvalue weighted by atomic mass is 10.1. The molecular formula is C11H8I2N2OS. The van der Waals surface area contributed by atoms with Crippen molar-refractivity contribution < 1.29 is 4.74 Å². The number of rotatable bonds is 2. The Morgan fingerprint density at radius 1 is 1.47 bits per heavy atom. The van der Waals surface area contributed by atoms with Crippen molar-refractivity contribution >= 4 is 61.9 Å². The molecule has 0 aliphatic heterocycles. The van der Waals surface area contributed by atoms with Gasteiger partial charge in [-0.15, -0.1) is 11.3 Å². The number of fused-ring (bicyclic) bond motifs is 3. The first-order valence-electron chi connectivity index (χ1n) is 4.96. The molecule has 0 fully saturated rings. The van der Waals surface area contributed by atoms with Gasteiger partial charge in [0.05, 0.1) is 39.2 Å². The first kappa shape index (κ1) is 12.0. The highest BCUT2D eigenvalue weighted by Gasteiger charge is 2.24. The van der Waals surface area contributed by atoms with E-state index in [4.69, 9.17) is 4.74 Å². The minimum atomic E-state index is 0.951. The average molecular weight is 470 g/mol. The number of benzene rings is 1. The van der Waals surface area contributed by atoms with E-state index in [1.165, 1.54) is 16.0 Å². The van der Waals surface area contributed by atoms with Crippen LogP contribution in [0, 0.1) is 3.57 Å². The molecule has 1 N–H and O–H groups in total. The molecule has 3 rings (SSSR count). The van der Waals surface area contributed by atoms with E-state index in [2.05, 4.69) is 66.1 Å². The van der Waals surface area contributed by atoms with Gasteiger partial charge in [-0.3, -0.25) is 0 Å². The van der Waals surface area contributed by atoms with Gasteiger partial charge in [0.1, 0.15) is 5.75 Å². The van der Waals surface area contributed by atoms with Gasteiger partial charge in [-0.2, -0.15) is 0 Å². The maximum atomic E-state index is 5.35. The zero-order valence-electron chi connectivity index (χ0n) is 8.88. The van der Waals surface area contributed by atoms with Crippen molar-refractivity contribution in [1.82, 2.24) is 4.98 Å². The Hall–Kier alpha value is -0.0900. The van der Waals surface area contributed by atoms with E-state index < -0.39 is 0 Å². The maximum absolute atomic E-state index is 5.35. The Balaban J connectivity index is 2.14. The number of hydrogen-bond donors (Lipinski definition) is 1. The van der Waals surface area contributed by atoms with Crippen LogP contribution in [0.25, 0.3) is 11.3 Å². The second-order valence-electron chi connectivity index (χ2n) is 3.71. The van der Waals surface area contributed by atoms with E-state index in [0.717, 1.165) is 26.6 Å². The molecule has 0 unspecified atom stereocenters. The predicted molar refractivity (Wildman–Crippen MR) is 87.3 cm³/mol. The van der Waals surface area contributed by atoms with E-state index in [1.807, 2.05) is 0 Å². The Morgan fingerprint density at radius 3 is 3.00 bits per heavy atom. The molecule has 0 atom stereocenters. The molecule has 1 heterocycles. The third kappa shape index (κ3) is 1.93. The van der Waals surface area contributed by atoms with E-state index >= 15 is 0 Å². The van der Waals surface area contributed by atoms with Gasteiger partial charge in [0.2, 0.25) is 0 Å². The number of thiazole rings is 1. The quantitative estimate of drug-likeness (QED) is 0.453. The van der Waals surface area contributed by atoms with Crippen LogP contribution < -0.4 is 8.27 Å². The lowest BCUT2D eigenvalue weighted by Gasteiger charge is -2.06. The van der Waals surface area contributed by atoms with Gasteiger partial charge in [-0.05, 0) is 40.3 Å². The summed E-state index contributed by atoms with van der Waals surface area (Å²) in [6, 6.07) is 4.29. The fraction of sp³-hybridized carbons (Fsp3) is 0.182. The number of anilines is 1. The summed E-state index contributed by atoms with van der Waals surface area (Å²) >= 11 is 6.14. The van der Waals surface area contributed by atoms with Gasteiger partial charge in [-0.25, -0.2) is 4.98 Å². The van der Waals surface area contributed by atoms with Gasteiger partial charge in [-0.1, -0.05) is 0 Å². The molecule has 3 nitrogen and oxygen atoms in total. The third-order valence-electron chi connectivity index (χ3n) is 2.76. The lowest BCUT2D eigenvalue weighted by Crippen LogP contribution is -1.90. The third-order valence-corrected chi connectivity index (χ3v) is 5.45. The van der Waals surface area contributed by atoms with E-state index in [9.17, 15) is 0 Å². The summed E-state index contributed by atoms with van der Waals surface area (Å²) in [6.45, 7) is 0. The maximum Gasteiger partial charge on any atom is 0.192 e. The number of hydrogen-bond acceptors (Lipinski definition) is 4. The monoisotopic (exact) mass is 470 g/mol. The summed E-state index contributed by atoms with van der Waals surface area (Å²) in [6.07, 6.45) is 0.966. The standard InChI is InChI=1S/C11H8I2N2OS/c1-16-8-2-5-3-9-10(6(5)4-7(8)12)14-11(15-13)17-9/h2,4H,3H2,1H3,(H,14,15). The summed E-state index contributed by atoms with van der Waals surface area (Å²) in [4.78, 5) is 5.94. The number of nitrogens with zero attached hydrogens (tertiary/aromatic N) is 1. The largest absolute Gasteiger partial charge is 0.496 e. The molecular weight excluding hydrogens is 462 g/mol. The van der Waals surface area contributed by atoms with Crippen LogP contribution >= 0.6 is 56.8 Å². The van der Waals surface area contributed by atoms with Crippen LogP contribution in [-0.2, 0) is 6.42 Å². The van der Waals surface area contributed by atoms with Gasteiger partial charge in [0, 0.05) is 16.9 Å². The zero-order chi connectivity index (χ0) is 12.0. The van der Waals surface area contributed by atoms with E-state index in [0.29, 0.717) is 0 Å². The van der Waals surface area contributed by atoms with Crippen molar-refractivity contribution in [3.05, 3.63) is 26.1 Å². The highest BCUT2D eigenvalue weighted by atomic mass is 127. The summed E-state index contributed by atoms with van der Waals surface area (Å²) in [5.41, 5.74) is 3.69. The van der Waals surface area contributed by atoms with Crippen LogP contribution in [0.1, 0.15) is 10.4 Å². The van der Waals surface area contributed by atoms with Crippen molar-refractivity contribution in [3.63, 3.8) is 0 Å². The van der Waals surface area contributed by atoms with Crippen LogP contribution in [0.5, 0.6) is 5.75 Å². The normalized spacial score (nSPS) is 12.2. The summed E-state index contributed by atoms with van der Waals surface area (Å²) in [7, 11) is 1.71. The molecule has 0 radical (unpaired) electrons. The van der Waals surface area contributed by atoms with Gasteiger partial charge in [0.25, 0.3) is 0 Å². The predicted octanol–water partition coefficient (Wildman–Crippen LogP) is 4.09. The molecule has 1 aromatic heterocycles. The molecule has 0 amide bonds. The summed E-state index contributed by atoms with van der Waals surface area (Å²) < 4.78 is 9.56. The summed E-state index contributed by atoms with van der Waals surface area (Å²) in [5.74, 6) is 0.951. The molecule has 0 saturated heterocycles. The first-order valence-corrected chi connectivity index (χ1v) is 7.93. The second-order valence-corrected chi connectivity index (χ2v) is 6.49. The first-order chi connectivity index (χ1) is 8.22. The summed E-state index contributed by atoms with van der Waals surface area (Å²) in [5, 5.41) is 0.979. The fourth-order valence-corrected chi connectivity index (χ4v) is 4.04. The molecule has 0 spiro atoms. The van der Waals surface area contributed by atoms with Crippen LogP contribution in [0.4, 0.5) is 5.13 Å². The van der Waals surface area contributed by atoms with Gasteiger partial charge < -0.3 is 8.27 Å². The molecule has 0 saturated carbocycles. The van der Waals surface area contributed by atoms with E-state index in [-0.39, 0.29) is 0 Å². The molecule has 1 aliphatic carbocycles. The fourth-order valence-electron chi connectivity index (χ4n) is 2.01. The SMILES string of the molecule is COc1cc2c(cc1I)-c1nc(NI)sc1C2. The Kier molecular flexibility index (Phi) is 3.20. The average Bonchev–Trinajstić information content (AvgIpc) is 2.85. The number of nitrogens with one attached hydrogen (secondary N) is 1. The van der Waals surface area contributed by atoms with E-state index in [1.54, 1.807) is 18.4 Å². The number of halogens is 2. The smallest absolute Gasteiger partial charge is 0.192 e. The van der Waals surface area contributed by atoms with Gasteiger partial charge >= 0.3 is 0 Å². The van der Waals surface area contributed by atoms with Crippen molar-refractivity contribution in [2.24, 2.45) is 0 Å². The highest BCUT2D eigenvalue weighted by molar-refractivity contribution is 14.1. The molecule has 0 bridgehead atoms. The van der Waals surface area contributed by atoms with Crippen molar-refractivity contribution in [2.75, 3.05) is 10.6 Å². The van der Waals surface area contributed by atoms with Crippen LogP contribution in [-0.4, -0.2) is 12.1 Å². The number of ether oxygens (including phenoxy) is 1. The molecule has 88 valence electrons. The zero-order valence-corrected chi connectivity index (χ0v) is 14.0. The lowest BCUT2D eigenvalue weighted by molar-refractivity contribution is 0.411. The van der Waals surface area contributed by atoms with Crippen molar-refractivity contribution in [3.8, 4) is 17.0 Å². The molecule has 1 aliphatic rings. The Bertz CT molecular complexity index is 597. The van der Waals surface area contributed by atoms with Crippen LogP contribution in [0.15, 0.2) is 12.1 Å².